The monoisotopic (exact) mass is 459 g/mol. The lowest BCUT2D eigenvalue weighted by atomic mass is 10.2. The van der Waals surface area contributed by atoms with Gasteiger partial charge in [-0.15, -0.1) is 0 Å². The second-order valence-electron chi connectivity index (χ2n) is 6.09. The number of anilines is 1. The lowest BCUT2D eigenvalue weighted by Crippen LogP contribution is -2.23. The number of thiocarbonyl (C=S) groups is 1. The van der Waals surface area contributed by atoms with Gasteiger partial charge in [0.15, 0.2) is 16.6 Å². The largest absolute Gasteiger partial charge is 0.493 e. The zero-order valence-corrected chi connectivity index (χ0v) is 18.4. The van der Waals surface area contributed by atoms with Crippen LogP contribution in [0.25, 0.3) is 0 Å². The Labute approximate surface area is 190 Å². The number of benzene rings is 3. The molecule has 0 fully saturated rings. The molecule has 0 aromatic heterocycles. The van der Waals surface area contributed by atoms with Crippen LogP contribution in [0.1, 0.15) is 11.1 Å². The first-order valence-electron chi connectivity index (χ1n) is 8.95. The van der Waals surface area contributed by atoms with Gasteiger partial charge in [-0.05, 0) is 60.2 Å². The van der Waals surface area contributed by atoms with Crippen molar-refractivity contribution in [2.24, 2.45) is 5.10 Å². The van der Waals surface area contributed by atoms with E-state index in [1.54, 1.807) is 37.6 Å². The quantitative estimate of drug-likeness (QED) is 0.261. The summed E-state index contributed by atoms with van der Waals surface area (Å²) >= 11 is 17.6. The van der Waals surface area contributed by atoms with Gasteiger partial charge >= 0.3 is 0 Å². The summed E-state index contributed by atoms with van der Waals surface area (Å²) in [6, 6.07) is 20.4. The minimum absolute atomic E-state index is 0.225. The van der Waals surface area contributed by atoms with Crippen LogP contribution >= 0.6 is 35.4 Å². The average Bonchev–Trinajstić information content (AvgIpc) is 2.74. The van der Waals surface area contributed by atoms with Crippen LogP contribution in [-0.2, 0) is 6.61 Å². The van der Waals surface area contributed by atoms with E-state index in [0.29, 0.717) is 26.7 Å². The molecule has 0 saturated carbocycles. The summed E-state index contributed by atoms with van der Waals surface area (Å²) in [6.07, 6.45) is 1.64. The standard InChI is InChI=1S/C22H19Cl2N3O2S/c1-28-21-12-15(13-25-27-22(30)26-16-6-3-2-4-7-16)10-11-20(21)29-14-17-18(23)8-5-9-19(17)24/h2-13H,14H2,1H3,(H2,26,27,30). The zero-order chi connectivity index (χ0) is 21.3. The van der Waals surface area contributed by atoms with Crippen LogP contribution in [0.2, 0.25) is 10.0 Å². The third-order valence-electron chi connectivity index (χ3n) is 4.03. The van der Waals surface area contributed by atoms with Crippen LogP contribution in [0, 0.1) is 0 Å². The molecule has 30 heavy (non-hydrogen) atoms. The Balaban J connectivity index is 1.61. The van der Waals surface area contributed by atoms with Crippen molar-refractivity contribution in [2.45, 2.75) is 6.61 Å². The van der Waals surface area contributed by atoms with Gasteiger partial charge in [0.1, 0.15) is 6.61 Å². The molecular formula is C22H19Cl2N3O2S. The number of ether oxygens (including phenoxy) is 2. The predicted octanol–water partition coefficient (Wildman–Crippen LogP) is 5.90. The Bertz CT molecular complexity index is 1030. The number of methoxy groups -OCH3 is 1. The van der Waals surface area contributed by atoms with Crippen molar-refractivity contribution in [2.75, 3.05) is 12.4 Å². The SMILES string of the molecule is COc1cc(C=NNC(=S)Nc2ccccc2)ccc1OCc1c(Cl)cccc1Cl. The molecule has 0 aliphatic heterocycles. The summed E-state index contributed by atoms with van der Waals surface area (Å²) in [5.74, 6) is 1.13. The third-order valence-corrected chi connectivity index (χ3v) is 4.93. The van der Waals surface area contributed by atoms with Crippen LogP contribution in [0.4, 0.5) is 5.69 Å². The number of nitrogens with zero attached hydrogens (tertiary/aromatic N) is 1. The van der Waals surface area contributed by atoms with Crippen LogP contribution < -0.4 is 20.2 Å². The number of hydrazone groups is 1. The molecule has 0 aliphatic carbocycles. The van der Waals surface area contributed by atoms with E-state index in [-0.39, 0.29) is 6.61 Å². The van der Waals surface area contributed by atoms with Gasteiger partial charge in [0, 0.05) is 21.3 Å². The smallest absolute Gasteiger partial charge is 0.191 e. The number of rotatable bonds is 7. The maximum atomic E-state index is 6.19. The minimum atomic E-state index is 0.225. The van der Waals surface area contributed by atoms with Crippen molar-refractivity contribution >= 4 is 52.4 Å². The van der Waals surface area contributed by atoms with E-state index in [9.17, 15) is 0 Å². The lowest BCUT2D eigenvalue weighted by molar-refractivity contribution is 0.284. The molecule has 0 bridgehead atoms. The Kier molecular flexibility index (Phi) is 7.90. The van der Waals surface area contributed by atoms with E-state index in [0.717, 1.165) is 16.8 Å². The van der Waals surface area contributed by atoms with Crippen molar-refractivity contribution in [1.29, 1.82) is 0 Å². The van der Waals surface area contributed by atoms with Gasteiger partial charge in [-0.1, -0.05) is 47.5 Å². The normalized spacial score (nSPS) is 10.6. The van der Waals surface area contributed by atoms with Crippen molar-refractivity contribution in [3.63, 3.8) is 0 Å². The first kappa shape index (κ1) is 21.9. The third kappa shape index (κ3) is 6.10. The molecule has 3 aromatic rings. The molecule has 154 valence electrons. The van der Waals surface area contributed by atoms with E-state index >= 15 is 0 Å². The van der Waals surface area contributed by atoms with E-state index in [1.807, 2.05) is 42.5 Å². The van der Waals surface area contributed by atoms with Crippen molar-refractivity contribution in [1.82, 2.24) is 5.43 Å². The lowest BCUT2D eigenvalue weighted by Gasteiger charge is -2.13. The molecule has 0 radical (unpaired) electrons. The predicted molar refractivity (Wildman–Crippen MR) is 127 cm³/mol. The molecule has 5 nitrogen and oxygen atoms in total. The Morgan fingerprint density at radius 2 is 1.73 bits per heavy atom. The molecular weight excluding hydrogens is 441 g/mol. The Morgan fingerprint density at radius 3 is 2.43 bits per heavy atom. The summed E-state index contributed by atoms with van der Waals surface area (Å²) in [6.45, 7) is 0.225. The van der Waals surface area contributed by atoms with Gasteiger partial charge in [0.25, 0.3) is 0 Å². The summed E-state index contributed by atoms with van der Waals surface area (Å²) in [4.78, 5) is 0. The topological polar surface area (TPSA) is 54.9 Å². The highest BCUT2D eigenvalue weighted by atomic mass is 35.5. The highest BCUT2D eigenvalue weighted by molar-refractivity contribution is 7.80. The van der Waals surface area contributed by atoms with Crippen LogP contribution in [-0.4, -0.2) is 18.4 Å². The second kappa shape index (κ2) is 10.8. The Hall–Kier alpha value is -2.80. The molecule has 0 saturated heterocycles. The highest BCUT2D eigenvalue weighted by Gasteiger charge is 2.10. The van der Waals surface area contributed by atoms with Crippen molar-refractivity contribution in [3.05, 3.63) is 87.9 Å². The zero-order valence-electron chi connectivity index (χ0n) is 16.1. The number of hydrogen-bond donors (Lipinski definition) is 2. The first-order valence-corrected chi connectivity index (χ1v) is 10.1. The van der Waals surface area contributed by atoms with Crippen LogP contribution in [0.3, 0.4) is 0 Å². The maximum absolute atomic E-state index is 6.19. The fourth-order valence-electron chi connectivity index (χ4n) is 2.55. The molecule has 0 unspecified atom stereocenters. The number of halogens is 2. The number of nitrogens with one attached hydrogen (secondary N) is 2. The molecule has 8 heteroatoms. The molecule has 3 rings (SSSR count). The fraction of sp³-hybridized carbons (Fsp3) is 0.0909. The van der Waals surface area contributed by atoms with Crippen molar-refractivity contribution < 1.29 is 9.47 Å². The van der Waals surface area contributed by atoms with E-state index in [4.69, 9.17) is 44.9 Å². The second-order valence-corrected chi connectivity index (χ2v) is 7.31. The molecule has 0 heterocycles. The highest BCUT2D eigenvalue weighted by Crippen LogP contribution is 2.31. The van der Waals surface area contributed by atoms with Crippen LogP contribution in [0.15, 0.2) is 71.8 Å². The van der Waals surface area contributed by atoms with Gasteiger partial charge in [-0.25, -0.2) is 0 Å². The van der Waals surface area contributed by atoms with E-state index in [2.05, 4.69) is 15.8 Å². The summed E-state index contributed by atoms with van der Waals surface area (Å²) < 4.78 is 11.3. The number of hydrogen-bond acceptors (Lipinski definition) is 4. The molecule has 0 spiro atoms. The molecule has 3 aromatic carbocycles. The maximum Gasteiger partial charge on any atom is 0.191 e. The minimum Gasteiger partial charge on any atom is -0.493 e. The molecule has 0 atom stereocenters. The summed E-state index contributed by atoms with van der Waals surface area (Å²) in [5, 5.41) is 8.69. The first-order chi connectivity index (χ1) is 14.6. The molecule has 0 aliphatic rings. The van der Waals surface area contributed by atoms with Gasteiger partial charge in [-0.3, -0.25) is 5.43 Å². The van der Waals surface area contributed by atoms with Crippen molar-refractivity contribution in [3.8, 4) is 11.5 Å². The van der Waals surface area contributed by atoms with Gasteiger partial charge in [0.2, 0.25) is 0 Å². The Morgan fingerprint density at radius 1 is 1.00 bits per heavy atom. The number of para-hydroxylation sites is 1. The summed E-state index contributed by atoms with van der Waals surface area (Å²) in [5.41, 5.74) is 5.19. The van der Waals surface area contributed by atoms with Gasteiger partial charge in [0.05, 0.1) is 13.3 Å². The molecule has 0 amide bonds. The van der Waals surface area contributed by atoms with E-state index in [1.165, 1.54) is 0 Å². The molecule has 2 N–H and O–H groups in total. The fourth-order valence-corrected chi connectivity index (χ4v) is 3.23. The van der Waals surface area contributed by atoms with Crippen LogP contribution in [0.5, 0.6) is 11.5 Å². The van der Waals surface area contributed by atoms with Gasteiger partial charge in [-0.2, -0.15) is 5.10 Å². The van der Waals surface area contributed by atoms with Gasteiger partial charge < -0.3 is 14.8 Å². The summed E-state index contributed by atoms with van der Waals surface area (Å²) in [7, 11) is 1.57. The average molecular weight is 460 g/mol. The van der Waals surface area contributed by atoms with E-state index < -0.39 is 0 Å².